The molecule has 3 aliphatic heterocycles. The summed E-state index contributed by atoms with van der Waals surface area (Å²) in [4.78, 5) is 57.6. The molecule has 5 heterocycles. The van der Waals surface area contributed by atoms with Gasteiger partial charge in [-0.2, -0.15) is 0 Å². The fourth-order valence-corrected chi connectivity index (χ4v) is 9.42. The van der Waals surface area contributed by atoms with Crippen molar-refractivity contribution in [3.63, 3.8) is 0 Å². The number of fused-ring (bicyclic) bond motifs is 1. The second kappa shape index (κ2) is 13.4. The van der Waals surface area contributed by atoms with Gasteiger partial charge in [-0.25, -0.2) is 0 Å². The number of anilines is 2. The number of amides is 4. The molecule has 4 amide bonds. The second-order valence-electron chi connectivity index (χ2n) is 15.3. The second-order valence-corrected chi connectivity index (χ2v) is 15.3. The summed E-state index contributed by atoms with van der Waals surface area (Å²) >= 11 is 0. The van der Waals surface area contributed by atoms with Crippen molar-refractivity contribution in [2.75, 3.05) is 29.4 Å². The van der Waals surface area contributed by atoms with E-state index < -0.39 is 11.9 Å². The van der Waals surface area contributed by atoms with E-state index in [9.17, 15) is 24.3 Å². The third kappa shape index (κ3) is 5.62. The molecule has 3 fully saturated rings. The van der Waals surface area contributed by atoms with Crippen LogP contribution in [0, 0.1) is 0 Å². The van der Waals surface area contributed by atoms with Gasteiger partial charge in [0.15, 0.2) is 0 Å². The number of rotatable bonds is 6. The van der Waals surface area contributed by atoms with Crippen LogP contribution in [0.4, 0.5) is 11.4 Å². The molecule has 4 aliphatic rings. The lowest BCUT2D eigenvalue weighted by atomic mass is 9.79. The molecule has 0 radical (unpaired) electrons. The number of nitrogens with one attached hydrogen (secondary N) is 1. The zero-order valence-electron chi connectivity index (χ0n) is 30.6. The minimum absolute atomic E-state index is 0.0952. The van der Waals surface area contributed by atoms with E-state index in [0.717, 1.165) is 71.1 Å². The lowest BCUT2D eigenvalue weighted by molar-refractivity contribution is -0.134. The van der Waals surface area contributed by atoms with Gasteiger partial charge in [0.05, 0.1) is 23.4 Å². The van der Waals surface area contributed by atoms with E-state index in [4.69, 9.17) is 0 Å². The molecule has 2 N–H and O–H groups in total. The van der Waals surface area contributed by atoms with Crippen molar-refractivity contribution < 1.29 is 24.3 Å². The number of aromatic hydroxyl groups is 1. The number of carbonyl (C=O) groups excluding carboxylic acids is 4. The Morgan fingerprint density at radius 1 is 0.750 bits per heavy atom. The summed E-state index contributed by atoms with van der Waals surface area (Å²) in [5, 5.41) is 23.4. The Morgan fingerprint density at radius 3 is 2.32 bits per heavy atom. The van der Waals surface area contributed by atoms with E-state index in [1.165, 1.54) is 5.56 Å². The zero-order valence-corrected chi connectivity index (χ0v) is 30.6. The lowest BCUT2D eigenvalue weighted by Gasteiger charge is -2.41. The lowest BCUT2D eigenvalue weighted by Crippen LogP contribution is -2.54. The van der Waals surface area contributed by atoms with E-state index in [2.05, 4.69) is 32.5 Å². The van der Waals surface area contributed by atoms with Crippen molar-refractivity contribution in [1.29, 1.82) is 0 Å². The third-order valence-electron chi connectivity index (χ3n) is 12.2. The highest BCUT2D eigenvalue weighted by Crippen LogP contribution is 2.45. The smallest absolute Gasteiger partial charge is 0.259 e. The molecule has 280 valence electrons. The quantitative estimate of drug-likeness (QED) is 0.196. The van der Waals surface area contributed by atoms with Crippen molar-refractivity contribution >= 4 is 56.8 Å². The molecule has 10 rings (SSSR count). The normalized spacial score (nSPS) is 21.7. The summed E-state index contributed by atoms with van der Waals surface area (Å²) in [6.07, 6.45) is 6.41. The number of hydrogen-bond donors (Lipinski definition) is 2. The van der Waals surface area contributed by atoms with Crippen molar-refractivity contribution in [2.24, 2.45) is 0 Å². The number of benzene rings is 4. The molecule has 0 bridgehead atoms. The summed E-state index contributed by atoms with van der Waals surface area (Å²) in [7, 11) is 0. The van der Waals surface area contributed by atoms with E-state index in [1.54, 1.807) is 17.0 Å². The molecule has 4 aromatic carbocycles. The van der Waals surface area contributed by atoms with Crippen LogP contribution in [0.25, 0.3) is 38.8 Å². The Hall–Kier alpha value is -6.40. The first kappa shape index (κ1) is 34.1. The molecule has 6 aromatic rings. The molecule has 1 atom stereocenters. The molecular formula is C44H39N7O5. The summed E-state index contributed by atoms with van der Waals surface area (Å²) < 4.78 is 2.03. The number of phenolic OH excluding ortho intramolecular Hbond substituents is 1. The Labute approximate surface area is 322 Å². The van der Waals surface area contributed by atoms with Crippen LogP contribution < -0.4 is 15.1 Å². The monoisotopic (exact) mass is 745 g/mol. The molecule has 1 unspecified atom stereocenters. The Morgan fingerprint density at radius 2 is 1.54 bits per heavy atom. The first-order valence-corrected chi connectivity index (χ1v) is 19.3. The number of aromatic nitrogens is 3. The number of piperidine rings is 1. The fourth-order valence-electron chi connectivity index (χ4n) is 9.42. The number of hydrogen-bond acceptors (Lipinski definition) is 8. The van der Waals surface area contributed by atoms with Crippen molar-refractivity contribution in [3.05, 3.63) is 108 Å². The Bertz CT molecular complexity index is 2590. The third-order valence-corrected chi connectivity index (χ3v) is 12.2. The van der Waals surface area contributed by atoms with E-state index >= 15 is 0 Å². The molecular weight excluding hydrogens is 707 g/mol. The molecule has 12 nitrogen and oxygen atoms in total. The average Bonchev–Trinajstić information content (AvgIpc) is 3.77. The number of piperazine rings is 1. The van der Waals surface area contributed by atoms with Gasteiger partial charge in [0.2, 0.25) is 17.7 Å². The van der Waals surface area contributed by atoms with Crippen LogP contribution in [0.5, 0.6) is 5.75 Å². The number of nitrogens with zero attached hydrogens (tertiary/aromatic N) is 6. The molecule has 0 spiro atoms. The molecule has 12 heteroatoms. The zero-order chi connectivity index (χ0) is 38.1. The minimum atomic E-state index is -0.701. The van der Waals surface area contributed by atoms with Gasteiger partial charge in [0, 0.05) is 59.6 Å². The van der Waals surface area contributed by atoms with Gasteiger partial charge in [-0.1, -0.05) is 30.3 Å². The van der Waals surface area contributed by atoms with Crippen molar-refractivity contribution in [3.8, 4) is 22.7 Å². The maximum atomic E-state index is 13.6. The first-order chi connectivity index (χ1) is 27.3. The van der Waals surface area contributed by atoms with Crippen LogP contribution >= 0.6 is 0 Å². The van der Waals surface area contributed by atoms with Crippen LogP contribution in [-0.4, -0.2) is 80.1 Å². The first-order valence-electron chi connectivity index (χ1n) is 19.3. The molecule has 2 aromatic heterocycles. The molecule has 1 aliphatic carbocycles. The predicted molar refractivity (Wildman–Crippen MR) is 212 cm³/mol. The van der Waals surface area contributed by atoms with Crippen molar-refractivity contribution in [2.45, 2.75) is 56.5 Å². The van der Waals surface area contributed by atoms with Gasteiger partial charge in [-0.15, -0.1) is 10.2 Å². The summed E-state index contributed by atoms with van der Waals surface area (Å²) in [6, 6.07) is 28.5. The number of carbonyl (C=O) groups is 4. The topological polar surface area (TPSA) is 141 Å². The van der Waals surface area contributed by atoms with Gasteiger partial charge < -0.3 is 14.6 Å². The van der Waals surface area contributed by atoms with E-state index in [1.807, 2.05) is 82.4 Å². The van der Waals surface area contributed by atoms with Gasteiger partial charge in [-0.3, -0.25) is 34.3 Å². The maximum absolute atomic E-state index is 13.6. The number of para-hydroxylation sites is 1. The van der Waals surface area contributed by atoms with Gasteiger partial charge in [0.25, 0.3) is 5.91 Å². The molecule has 56 heavy (non-hydrogen) atoms. The number of imide groups is 1. The van der Waals surface area contributed by atoms with E-state index in [-0.39, 0.29) is 29.9 Å². The SMILES string of the molecule is O=C1CCC(N2C(=O)c3cccc4c(C5CCC(N6CCN(c7ccc(-n8ccc9nnc(-c%10ccccc%10O)cc98)cc7)C(=O)C6)CC5)ccc2c34)C(=O)N1. The van der Waals surface area contributed by atoms with Gasteiger partial charge in [-0.05, 0) is 110 Å². The van der Waals surface area contributed by atoms with Crippen LogP contribution in [0.2, 0.25) is 0 Å². The summed E-state index contributed by atoms with van der Waals surface area (Å²) in [5.41, 5.74) is 7.19. The average molecular weight is 746 g/mol. The standard InChI is InChI=1S/C44H39N7O5/c52-39-7-2-1-4-32(39)35-24-38-34(46-47-35)20-21-49(38)28-12-14-29(15-13-28)50-23-22-48(25-41(50)54)27-10-8-26(9-11-27)30-16-17-36-42-31(30)5-3-6-33(42)44(56)51(36)37-18-19-40(53)45-43(37)55/h1-7,12-17,20-21,24,26-27,37,52H,8-11,18-19,22-23,25H2,(H,45,53,55). The minimum Gasteiger partial charge on any atom is -0.507 e. The van der Waals surface area contributed by atoms with Crippen LogP contribution in [0.15, 0.2) is 97.2 Å². The highest BCUT2D eigenvalue weighted by Gasteiger charge is 2.41. The Balaban J connectivity index is 0.800. The Kier molecular flexibility index (Phi) is 8.17. The fraction of sp³-hybridized carbons (Fsp3) is 0.273. The summed E-state index contributed by atoms with van der Waals surface area (Å²) in [6.45, 7) is 1.81. The molecule has 2 saturated heterocycles. The number of phenols is 1. The highest BCUT2D eigenvalue weighted by atomic mass is 16.3. The maximum Gasteiger partial charge on any atom is 0.259 e. The highest BCUT2D eigenvalue weighted by molar-refractivity contribution is 6.27. The van der Waals surface area contributed by atoms with Crippen LogP contribution in [0.3, 0.4) is 0 Å². The van der Waals surface area contributed by atoms with Gasteiger partial charge in [0.1, 0.15) is 17.3 Å². The van der Waals surface area contributed by atoms with Gasteiger partial charge >= 0.3 is 0 Å². The van der Waals surface area contributed by atoms with E-state index in [0.29, 0.717) is 48.3 Å². The largest absolute Gasteiger partial charge is 0.507 e. The van der Waals surface area contributed by atoms with Crippen LogP contribution in [-0.2, 0) is 14.4 Å². The molecule has 1 saturated carbocycles. The van der Waals surface area contributed by atoms with Crippen molar-refractivity contribution in [1.82, 2.24) is 25.0 Å². The summed E-state index contributed by atoms with van der Waals surface area (Å²) in [5.74, 6) is -0.341. The van der Waals surface area contributed by atoms with Crippen LogP contribution in [0.1, 0.15) is 60.4 Å². The predicted octanol–water partition coefficient (Wildman–Crippen LogP) is 6.09.